The number of hydrogen-bond acceptors (Lipinski definition) is 8. The van der Waals surface area contributed by atoms with Crippen LogP contribution in [0, 0.1) is 0 Å². The number of methoxy groups -OCH3 is 1. The monoisotopic (exact) mass is 297 g/mol. The maximum Gasteiger partial charge on any atom is 0.322 e. The molecule has 0 aromatic carbocycles. The zero-order chi connectivity index (χ0) is 15.5. The molecule has 1 aliphatic rings. The second kappa shape index (κ2) is 6.40. The van der Waals surface area contributed by atoms with Crippen LogP contribution in [0.25, 0.3) is 0 Å². The largest absolute Gasteiger partial charge is 0.467 e. The highest BCUT2D eigenvalue weighted by atomic mass is 16.5. The number of nitrogens with one attached hydrogen (secondary N) is 1. The number of morpholine rings is 1. The van der Waals surface area contributed by atoms with Gasteiger partial charge in [-0.25, -0.2) is 0 Å². The van der Waals surface area contributed by atoms with E-state index in [-0.39, 0.29) is 24.3 Å². The van der Waals surface area contributed by atoms with Crippen LogP contribution in [-0.2, 0) is 4.74 Å². The molecule has 8 heteroatoms. The van der Waals surface area contributed by atoms with Crippen LogP contribution in [0.4, 0.5) is 11.9 Å². The third-order valence-corrected chi connectivity index (χ3v) is 3.09. The summed E-state index contributed by atoms with van der Waals surface area (Å²) in [6, 6.07) is 0.265. The maximum absolute atomic E-state index is 9.39. The average molecular weight is 297 g/mol. The van der Waals surface area contributed by atoms with Gasteiger partial charge in [0.2, 0.25) is 11.9 Å². The van der Waals surface area contributed by atoms with Crippen LogP contribution in [0.5, 0.6) is 6.01 Å². The van der Waals surface area contributed by atoms with Crippen molar-refractivity contribution in [3.8, 4) is 6.01 Å². The highest BCUT2D eigenvalue weighted by Gasteiger charge is 2.34. The number of rotatable bonds is 5. The quantitative estimate of drug-likeness (QED) is 0.801. The smallest absolute Gasteiger partial charge is 0.322 e. The predicted octanol–water partition coefficient (Wildman–Crippen LogP) is 0.288. The summed E-state index contributed by atoms with van der Waals surface area (Å²) >= 11 is 0. The Bertz CT molecular complexity index is 483. The molecule has 1 atom stereocenters. The van der Waals surface area contributed by atoms with Crippen LogP contribution in [0.15, 0.2) is 0 Å². The molecular formula is C13H23N5O3. The van der Waals surface area contributed by atoms with E-state index in [0.717, 1.165) is 0 Å². The maximum atomic E-state index is 9.39. The number of aliphatic hydroxyl groups excluding tert-OH is 1. The molecule has 0 bridgehead atoms. The molecule has 1 unspecified atom stereocenters. The molecule has 0 saturated carbocycles. The minimum Gasteiger partial charge on any atom is -0.467 e. The second-order valence-electron chi connectivity index (χ2n) is 5.54. The zero-order valence-electron chi connectivity index (χ0n) is 13.0. The van der Waals surface area contributed by atoms with Gasteiger partial charge >= 0.3 is 6.01 Å². The van der Waals surface area contributed by atoms with Gasteiger partial charge in [0.15, 0.2) is 0 Å². The highest BCUT2D eigenvalue weighted by Crippen LogP contribution is 2.25. The molecule has 1 fully saturated rings. The lowest BCUT2D eigenvalue weighted by molar-refractivity contribution is -0.101. The van der Waals surface area contributed by atoms with Gasteiger partial charge < -0.3 is 24.8 Å². The van der Waals surface area contributed by atoms with Gasteiger partial charge in [-0.3, -0.25) is 0 Å². The summed E-state index contributed by atoms with van der Waals surface area (Å²) in [4.78, 5) is 14.8. The number of anilines is 2. The van der Waals surface area contributed by atoms with Crippen molar-refractivity contribution >= 4 is 11.9 Å². The molecule has 1 saturated heterocycles. The fourth-order valence-electron chi connectivity index (χ4n) is 2.36. The molecule has 2 N–H and O–H groups in total. The van der Waals surface area contributed by atoms with Gasteiger partial charge in [-0.15, -0.1) is 0 Å². The third-order valence-electron chi connectivity index (χ3n) is 3.09. The van der Waals surface area contributed by atoms with E-state index in [4.69, 9.17) is 9.47 Å². The molecule has 2 rings (SSSR count). The van der Waals surface area contributed by atoms with Crippen molar-refractivity contribution in [3.05, 3.63) is 0 Å². The summed E-state index contributed by atoms with van der Waals surface area (Å²) in [5.74, 6) is 0.997. The van der Waals surface area contributed by atoms with E-state index >= 15 is 0 Å². The summed E-state index contributed by atoms with van der Waals surface area (Å²) in [5.41, 5.74) is -0.385. The number of hydrogen-bond donors (Lipinski definition) is 2. The molecule has 0 aliphatic carbocycles. The fraction of sp³-hybridized carbons (Fsp3) is 0.769. The molecule has 0 radical (unpaired) electrons. The molecule has 118 valence electrons. The SMILES string of the molecule is CCNc1nc(OC)nc(N2CC(CO)OC(C)(C)C2)n1. The molecule has 1 aromatic rings. The van der Waals surface area contributed by atoms with Crippen molar-refractivity contribution in [2.75, 3.05) is 43.6 Å². The Morgan fingerprint density at radius 3 is 2.81 bits per heavy atom. The lowest BCUT2D eigenvalue weighted by atomic mass is 10.1. The molecule has 1 aliphatic heterocycles. The number of nitrogens with zero attached hydrogens (tertiary/aromatic N) is 4. The van der Waals surface area contributed by atoms with Crippen LogP contribution in [0.3, 0.4) is 0 Å². The summed E-state index contributed by atoms with van der Waals surface area (Å²) in [6.07, 6.45) is -0.265. The van der Waals surface area contributed by atoms with Gasteiger partial charge in [-0.05, 0) is 20.8 Å². The van der Waals surface area contributed by atoms with Crippen molar-refractivity contribution in [1.29, 1.82) is 0 Å². The first-order valence-electron chi connectivity index (χ1n) is 7.05. The van der Waals surface area contributed by atoms with E-state index in [1.54, 1.807) is 0 Å². The van der Waals surface area contributed by atoms with Crippen molar-refractivity contribution < 1.29 is 14.6 Å². The van der Waals surface area contributed by atoms with Crippen LogP contribution >= 0.6 is 0 Å². The minimum atomic E-state index is -0.385. The Morgan fingerprint density at radius 1 is 1.43 bits per heavy atom. The lowest BCUT2D eigenvalue weighted by Gasteiger charge is -2.42. The van der Waals surface area contributed by atoms with Crippen LogP contribution in [-0.4, -0.2) is 65.1 Å². The van der Waals surface area contributed by atoms with E-state index in [9.17, 15) is 5.11 Å². The van der Waals surface area contributed by atoms with E-state index in [0.29, 0.717) is 31.5 Å². The van der Waals surface area contributed by atoms with Crippen LogP contribution in [0.2, 0.25) is 0 Å². The first-order valence-corrected chi connectivity index (χ1v) is 7.05. The Kier molecular flexibility index (Phi) is 4.79. The summed E-state index contributed by atoms with van der Waals surface area (Å²) in [6.45, 7) is 7.75. The summed E-state index contributed by atoms with van der Waals surface area (Å²) < 4.78 is 10.9. The second-order valence-corrected chi connectivity index (χ2v) is 5.54. The summed E-state index contributed by atoms with van der Waals surface area (Å²) in [7, 11) is 1.52. The van der Waals surface area contributed by atoms with Gasteiger partial charge in [0.25, 0.3) is 0 Å². The van der Waals surface area contributed by atoms with Crippen molar-refractivity contribution in [2.24, 2.45) is 0 Å². The molecule has 1 aromatic heterocycles. The molecule has 0 spiro atoms. The van der Waals surface area contributed by atoms with Crippen molar-refractivity contribution in [1.82, 2.24) is 15.0 Å². The number of aromatic nitrogens is 3. The molecule has 0 amide bonds. The molecule has 8 nitrogen and oxygen atoms in total. The van der Waals surface area contributed by atoms with Crippen molar-refractivity contribution in [3.63, 3.8) is 0 Å². The van der Waals surface area contributed by atoms with E-state index in [1.165, 1.54) is 7.11 Å². The van der Waals surface area contributed by atoms with E-state index in [2.05, 4.69) is 20.3 Å². The topological polar surface area (TPSA) is 92.6 Å². The Balaban J connectivity index is 2.28. The third kappa shape index (κ3) is 3.92. The minimum absolute atomic E-state index is 0.0395. The van der Waals surface area contributed by atoms with E-state index in [1.807, 2.05) is 25.7 Å². The number of ether oxygens (including phenoxy) is 2. The Hall–Kier alpha value is -1.67. The summed E-state index contributed by atoms with van der Waals surface area (Å²) in [5, 5.41) is 12.4. The normalized spacial score (nSPS) is 21.2. The molecule has 21 heavy (non-hydrogen) atoms. The van der Waals surface area contributed by atoms with Crippen LogP contribution < -0.4 is 15.0 Å². The Morgan fingerprint density at radius 2 is 2.19 bits per heavy atom. The fourth-order valence-corrected chi connectivity index (χ4v) is 2.36. The van der Waals surface area contributed by atoms with Gasteiger partial charge in [0, 0.05) is 19.6 Å². The van der Waals surface area contributed by atoms with Gasteiger partial charge in [0.1, 0.15) is 0 Å². The van der Waals surface area contributed by atoms with Gasteiger partial charge in [-0.1, -0.05) is 0 Å². The predicted molar refractivity (Wildman–Crippen MR) is 78.8 cm³/mol. The number of aliphatic hydroxyl groups is 1. The van der Waals surface area contributed by atoms with Crippen LogP contribution in [0.1, 0.15) is 20.8 Å². The first kappa shape index (κ1) is 15.7. The van der Waals surface area contributed by atoms with E-state index < -0.39 is 0 Å². The van der Waals surface area contributed by atoms with Crippen molar-refractivity contribution in [2.45, 2.75) is 32.5 Å². The average Bonchev–Trinajstić information content (AvgIpc) is 2.45. The molecular weight excluding hydrogens is 274 g/mol. The zero-order valence-corrected chi connectivity index (χ0v) is 13.0. The lowest BCUT2D eigenvalue weighted by Crippen LogP contribution is -2.54. The standard InChI is InChI=1S/C13H23N5O3/c1-5-14-10-15-11(17-12(16-10)20-4)18-6-9(7-19)21-13(2,3)8-18/h9,19H,5-8H2,1-4H3,(H,14,15,16,17). The van der Waals surface area contributed by atoms with Gasteiger partial charge in [0.05, 0.1) is 25.4 Å². The first-order chi connectivity index (χ1) is 9.97. The molecule has 2 heterocycles. The highest BCUT2D eigenvalue weighted by molar-refractivity contribution is 5.39. The van der Waals surface area contributed by atoms with Gasteiger partial charge in [-0.2, -0.15) is 15.0 Å². The Labute approximate surface area is 124 Å².